The first kappa shape index (κ1) is 11.3. The summed E-state index contributed by atoms with van der Waals surface area (Å²) in [6.45, 7) is 2.16. The fourth-order valence-electron chi connectivity index (χ4n) is 2.26. The second kappa shape index (κ2) is 4.01. The second-order valence-electron chi connectivity index (χ2n) is 4.90. The van der Waals surface area contributed by atoms with Crippen molar-refractivity contribution in [3.05, 3.63) is 18.2 Å². The first-order chi connectivity index (χ1) is 7.53. The van der Waals surface area contributed by atoms with Gasteiger partial charge >= 0.3 is 0 Å². The summed E-state index contributed by atoms with van der Waals surface area (Å²) in [6.07, 6.45) is 6.24. The van der Waals surface area contributed by atoms with Gasteiger partial charge < -0.3 is 9.67 Å². The molecule has 0 saturated heterocycles. The molecule has 88 valence electrons. The number of hydrogen-bond acceptors (Lipinski definition) is 3. The zero-order chi connectivity index (χ0) is 11.8. The van der Waals surface area contributed by atoms with Gasteiger partial charge in [-0.15, -0.1) is 0 Å². The minimum Gasteiger partial charge on any atom is -0.382 e. The third kappa shape index (κ3) is 1.89. The van der Waals surface area contributed by atoms with E-state index in [-0.39, 0.29) is 5.78 Å². The van der Waals surface area contributed by atoms with Crippen LogP contribution in [-0.4, -0.2) is 26.0 Å². The Morgan fingerprint density at radius 2 is 2.19 bits per heavy atom. The third-order valence-corrected chi connectivity index (χ3v) is 3.55. The maximum Gasteiger partial charge on any atom is 0.229 e. The van der Waals surface area contributed by atoms with Gasteiger partial charge in [0.15, 0.2) is 5.82 Å². The van der Waals surface area contributed by atoms with Crippen LogP contribution >= 0.6 is 0 Å². The Morgan fingerprint density at radius 1 is 1.56 bits per heavy atom. The number of Topliss-reactive ketones (excluding diaryl/α,β-unsaturated/α-hetero) is 1. The van der Waals surface area contributed by atoms with E-state index in [1.165, 1.54) is 0 Å². The molecule has 1 fully saturated rings. The van der Waals surface area contributed by atoms with Gasteiger partial charge in [-0.25, -0.2) is 4.98 Å². The van der Waals surface area contributed by atoms with E-state index in [4.69, 9.17) is 0 Å². The van der Waals surface area contributed by atoms with Crippen molar-refractivity contribution in [2.24, 2.45) is 13.0 Å². The fraction of sp³-hybridized carbons (Fsp3) is 0.667. The average Bonchev–Trinajstić information content (AvgIpc) is 2.68. The molecule has 1 aromatic rings. The standard InChI is InChI=1S/C12H18N2O2/c1-9-3-5-12(16,6-4-9)10(15)11-13-7-8-14(11)2/h7-9,16H,3-6H2,1-2H3. The Balaban J connectivity index is 2.19. The molecule has 4 heteroatoms. The molecule has 4 nitrogen and oxygen atoms in total. The fourth-order valence-corrected chi connectivity index (χ4v) is 2.26. The van der Waals surface area contributed by atoms with Crippen molar-refractivity contribution in [2.75, 3.05) is 0 Å². The Labute approximate surface area is 95.3 Å². The number of carbonyl (C=O) groups is 1. The minimum absolute atomic E-state index is 0.230. The maximum atomic E-state index is 12.2. The Morgan fingerprint density at radius 3 is 2.69 bits per heavy atom. The number of carbonyl (C=O) groups excluding carboxylic acids is 1. The molecule has 0 spiro atoms. The van der Waals surface area contributed by atoms with Gasteiger partial charge in [0.05, 0.1) is 0 Å². The van der Waals surface area contributed by atoms with Gasteiger partial charge in [-0.3, -0.25) is 4.79 Å². The van der Waals surface area contributed by atoms with Crippen molar-refractivity contribution in [1.82, 2.24) is 9.55 Å². The topological polar surface area (TPSA) is 55.1 Å². The molecule has 1 heterocycles. The van der Waals surface area contributed by atoms with E-state index in [9.17, 15) is 9.90 Å². The normalized spacial score (nSPS) is 30.3. The highest BCUT2D eigenvalue weighted by atomic mass is 16.3. The highest BCUT2D eigenvalue weighted by Gasteiger charge is 2.40. The van der Waals surface area contributed by atoms with Crippen LogP contribution in [0.1, 0.15) is 43.2 Å². The molecule has 1 saturated carbocycles. The lowest BCUT2D eigenvalue weighted by Crippen LogP contribution is -2.43. The molecule has 16 heavy (non-hydrogen) atoms. The van der Waals surface area contributed by atoms with Gasteiger partial charge in [0.2, 0.25) is 5.78 Å². The summed E-state index contributed by atoms with van der Waals surface area (Å²) in [5.74, 6) is 0.735. The van der Waals surface area contributed by atoms with E-state index >= 15 is 0 Å². The molecular weight excluding hydrogens is 204 g/mol. The molecule has 0 aliphatic heterocycles. The number of rotatable bonds is 2. The summed E-state index contributed by atoms with van der Waals surface area (Å²) >= 11 is 0. The van der Waals surface area contributed by atoms with Crippen LogP contribution < -0.4 is 0 Å². The van der Waals surface area contributed by atoms with Gasteiger partial charge in [0, 0.05) is 19.4 Å². The highest BCUT2D eigenvalue weighted by molar-refractivity contribution is 5.99. The Bertz CT molecular complexity index is 389. The average molecular weight is 222 g/mol. The molecule has 1 N–H and O–H groups in total. The van der Waals surface area contributed by atoms with Crippen LogP contribution in [0.3, 0.4) is 0 Å². The molecule has 0 bridgehead atoms. The summed E-state index contributed by atoms with van der Waals surface area (Å²) in [7, 11) is 1.77. The lowest BCUT2D eigenvalue weighted by Gasteiger charge is -2.33. The monoisotopic (exact) mass is 222 g/mol. The quantitative estimate of drug-likeness (QED) is 0.772. The van der Waals surface area contributed by atoms with Crippen LogP contribution in [0.5, 0.6) is 0 Å². The van der Waals surface area contributed by atoms with Crippen LogP contribution in [0.15, 0.2) is 12.4 Å². The maximum absolute atomic E-state index is 12.2. The number of imidazole rings is 1. The molecular formula is C12H18N2O2. The lowest BCUT2D eigenvalue weighted by molar-refractivity contribution is 0.00310. The summed E-state index contributed by atoms with van der Waals surface area (Å²) in [5, 5.41) is 10.4. The smallest absolute Gasteiger partial charge is 0.229 e. The molecule has 0 atom stereocenters. The van der Waals surface area contributed by atoms with E-state index < -0.39 is 5.60 Å². The predicted octanol–water partition coefficient (Wildman–Crippen LogP) is 1.54. The molecule has 0 aromatic carbocycles. The Hall–Kier alpha value is -1.16. The molecule has 1 aromatic heterocycles. The number of nitrogens with zero attached hydrogens (tertiary/aromatic N) is 2. The van der Waals surface area contributed by atoms with E-state index in [1.54, 1.807) is 24.0 Å². The number of aromatic nitrogens is 2. The SMILES string of the molecule is CC1CCC(O)(C(=O)c2nccn2C)CC1. The van der Waals surface area contributed by atoms with Crippen LogP contribution in [-0.2, 0) is 7.05 Å². The first-order valence-corrected chi connectivity index (χ1v) is 5.77. The van der Waals surface area contributed by atoms with E-state index in [2.05, 4.69) is 11.9 Å². The van der Waals surface area contributed by atoms with Gasteiger partial charge in [-0.05, 0) is 31.6 Å². The third-order valence-electron chi connectivity index (χ3n) is 3.55. The zero-order valence-electron chi connectivity index (χ0n) is 9.81. The van der Waals surface area contributed by atoms with Gasteiger partial charge in [0.25, 0.3) is 0 Å². The molecule has 1 aliphatic carbocycles. The molecule has 0 amide bonds. The van der Waals surface area contributed by atoms with E-state index in [1.807, 2.05) is 0 Å². The van der Waals surface area contributed by atoms with Crippen LogP contribution in [0.2, 0.25) is 0 Å². The number of hydrogen-bond donors (Lipinski definition) is 1. The lowest BCUT2D eigenvalue weighted by atomic mass is 9.77. The summed E-state index contributed by atoms with van der Waals surface area (Å²) in [5.41, 5.74) is -1.19. The van der Waals surface area contributed by atoms with Gasteiger partial charge in [-0.2, -0.15) is 0 Å². The Kier molecular flexibility index (Phi) is 2.84. The largest absolute Gasteiger partial charge is 0.382 e. The van der Waals surface area contributed by atoms with Crippen LogP contribution in [0.25, 0.3) is 0 Å². The van der Waals surface area contributed by atoms with E-state index in [0.717, 1.165) is 12.8 Å². The van der Waals surface area contributed by atoms with Crippen molar-refractivity contribution in [2.45, 2.75) is 38.2 Å². The number of ketones is 1. The van der Waals surface area contributed by atoms with E-state index in [0.29, 0.717) is 24.6 Å². The van der Waals surface area contributed by atoms with Crippen molar-refractivity contribution in [1.29, 1.82) is 0 Å². The van der Waals surface area contributed by atoms with Crippen LogP contribution in [0, 0.1) is 5.92 Å². The molecule has 1 aliphatic rings. The number of aliphatic hydroxyl groups is 1. The van der Waals surface area contributed by atoms with Crippen molar-refractivity contribution in [3.8, 4) is 0 Å². The second-order valence-corrected chi connectivity index (χ2v) is 4.90. The molecule has 2 rings (SSSR count). The molecule has 0 radical (unpaired) electrons. The summed E-state index contributed by atoms with van der Waals surface area (Å²) in [4.78, 5) is 16.2. The first-order valence-electron chi connectivity index (χ1n) is 5.77. The van der Waals surface area contributed by atoms with Gasteiger partial charge in [-0.1, -0.05) is 6.92 Å². The van der Waals surface area contributed by atoms with Crippen molar-refractivity contribution < 1.29 is 9.90 Å². The molecule has 0 unspecified atom stereocenters. The van der Waals surface area contributed by atoms with Crippen molar-refractivity contribution in [3.63, 3.8) is 0 Å². The zero-order valence-corrected chi connectivity index (χ0v) is 9.81. The highest BCUT2D eigenvalue weighted by Crippen LogP contribution is 2.33. The summed E-state index contributed by atoms with van der Waals surface area (Å²) < 4.78 is 1.67. The van der Waals surface area contributed by atoms with Gasteiger partial charge in [0.1, 0.15) is 5.60 Å². The van der Waals surface area contributed by atoms with Crippen LogP contribution in [0.4, 0.5) is 0 Å². The minimum atomic E-state index is -1.19. The predicted molar refractivity (Wildman–Crippen MR) is 60.1 cm³/mol. The number of aryl methyl sites for hydroxylation is 1. The summed E-state index contributed by atoms with van der Waals surface area (Å²) in [6, 6.07) is 0. The van der Waals surface area contributed by atoms with Crippen molar-refractivity contribution >= 4 is 5.78 Å².